The Labute approximate surface area is 182 Å². The Balaban J connectivity index is 1.15. The number of benzene rings is 1. The lowest BCUT2D eigenvalue weighted by molar-refractivity contribution is -1.01. The van der Waals surface area contributed by atoms with Crippen molar-refractivity contribution in [2.75, 3.05) is 45.9 Å². The predicted octanol–water partition coefficient (Wildman–Crippen LogP) is 0.592. The van der Waals surface area contributed by atoms with Crippen LogP contribution in [0.4, 0.5) is 0 Å². The second-order valence-electron chi connectivity index (χ2n) is 10.7. The van der Waals surface area contributed by atoms with E-state index in [9.17, 15) is 5.11 Å². The van der Waals surface area contributed by atoms with Crippen LogP contribution in [0.1, 0.15) is 45.6 Å². The van der Waals surface area contributed by atoms with E-state index in [0.717, 1.165) is 38.4 Å². The molecule has 2 aliphatic carbocycles. The largest absolute Gasteiger partial charge is 0.393 e. The number of aliphatic hydroxyl groups is 1. The van der Waals surface area contributed by atoms with Gasteiger partial charge >= 0.3 is 0 Å². The minimum absolute atomic E-state index is 0.173. The quantitative estimate of drug-likeness (QED) is 0.545. The van der Waals surface area contributed by atoms with Crippen molar-refractivity contribution in [1.29, 1.82) is 0 Å². The summed E-state index contributed by atoms with van der Waals surface area (Å²) < 4.78 is 0. The first kappa shape index (κ1) is 21.8. The van der Waals surface area contributed by atoms with Gasteiger partial charge in [0.2, 0.25) is 0 Å². The minimum atomic E-state index is -0.436. The highest BCUT2D eigenvalue weighted by Crippen LogP contribution is 2.63. The number of hydrogen-bond donors (Lipinski definition) is 3. The van der Waals surface area contributed by atoms with Crippen molar-refractivity contribution in [3.63, 3.8) is 0 Å². The van der Waals surface area contributed by atoms with Gasteiger partial charge in [-0.2, -0.15) is 0 Å². The Morgan fingerprint density at radius 2 is 1.80 bits per heavy atom. The summed E-state index contributed by atoms with van der Waals surface area (Å²) in [5.74, 6) is 0.736. The van der Waals surface area contributed by atoms with E-state index in [-0.39, 0.29) is 5.41 Å². The highest BCUT2D eigenvalue weighted by Gasteiger charge is 2.60. The Bertz CT molecular complexity index is 727. The lowest BCUT2D eigenvalue weighted by atomic mass is 9.70. The third-order valence-corrected chi connectivity index (χ3v) is 8.75. The Morgan fingerprint density at radius 3 is 2.43 bits per heavy atom. The molecule has 1 aromatic carbocycles. The molecule has 1 heterocycles. The summed E-state index contributed by atoms with van der Waals surface area (Å²) in [5.41, 5.74) is 3.15. The van der Waals surface area contributed by atoms with Gasteiger partial charge < -0.3 is 19.7 Å². The molecule has 30 heavy (non-hydrogen) atoms. The summed E-state index contributed by atoms with van der Waals surface area (Å²) >= 11 is 0. The number of piperazine rings is 1. The molecular formula is C25H41N3O2+2. The maximum absolute atomic E-state index is 10.5. The lowest BCUT2D eigenvalue weighted by Gasteiger charge is -2.34. The molecule has 0 unspecified atom stereocenters. The first-order valence-corrected chi connectivity index (χ1v) is 12.0. The molecule has 3 aliphatic rings. The molecule has 3 atom stereocenters. The Kier molecular flexibility index (Phi) is 6.52. The zero-order valence-corrected chi connectivity index (χ0v) is 19.1. The normalized spacial score (nSPS) is 34.9. The van der Waals surface area contributed by atoms with Crippen LogP contribution in [0.5, 0.6) is 0 Å². The van der Waals surface area contributed by atoms with Crippen LogP contribution in [0.15, 0.2) is 35.5 Å². The van der Waals surface area contributed by atoms with Gasteiger partial charge in [-0.3, -0.25) is 0 Å². The fraction of sp³-hybridized carbons (Fsp3) is 0.720. The Hall–Kier alpha value is -1.43. The van der Waals surface area contributed by atoms with Crippen molar-refractivity contribution in [3.8, 4) is 0 Å². The molecule has 1 saturated heterocycles. The molecule has 0 aromatic heterocycles. The van der Waals surface area contributed by atoms with Gasteiger partial charge in [0.1, 0.15) is 45.4 Å². The molecule has 0 radical (unpaired) electrons. The zero-order chi connectivity index (χ0) is 21.2. The van der Waals surface area contributed by atoms with Crippen LogP contribution < -0.4 is 9.80 Å². The molecule has 4 rings (SSSR count). The van der Waals surface area contributed by atoms with Crippen molar-refractivity contribution >= 4 is 5.71 Å². The van der Waals surface area contributed by atoms with Gasteiger partial charge in [0.25, 0.3) is 0 Å². The Morgan fingerprint density at radius 1 is 1.10 bits per heavy atom. The van der Waals surface area contributed by atoms with E-state index in [1.165, 1.54) is 48.7 Å². The van der Waals surface area contributed by atoms with Crippen molar-refractivity contribution in [3.05, 3.63) is 35.9 Å². The first-order chi connectivity index (χ1) is 14.4. The van der Waals surface area contributed by atoms with E-state index in [1.54, 1.807) is 4.90 Å². The van der Waals surface area contributed by atoms with Crippen molar-refractivity contribution < 1.29 is 19.7 Å². The number of oxime groups is 1. The van der Waals surface area contributed by atoms with Crippen molar-refractivity contribution in [1.82, 2.24) is 0 Å². The third-order valence-electron chi connectivity index (χ3n) is 8.75. The van der Waals surface area contributed by atoms with Crippen LogP contribution in [-0.2, 0) is 11.3 Å². The van der Waals surface area contributed by atoms with Crippen LogP contribution in [0.25, 0.3) is 0 Å². The van der Waals surface area contributed by atoms with E-state index < -0.39 is 6.10 Å². The summed E-state index contributed by atoms with van der Waals surface area (Å²) in [6.07, 6.45) is 4.32. The monoisotopic (exact) mass is 415 g/mol. The standard InChI is InChI=1S/C25H39N3O2/c1-24(2)21-9-11-25(24,3)23(17-21)26-30-19-22(29)18-28-15-13-27(14-16-28)12-10-20-7-5-4-6-8-20/h4-8,21-22,29H,9-19H2,1-3H3/p+2/b26-23-/t21-,22+,25+/m0/s1. The molecule has 0 spiro atoms. The maximum atomic E-state index is 10.5. The molecule has 1 aliphatic heterocycles. The third kappa shape index (κ3) is 4.44. The summed E-state index contributed by atoms with van der Waals surface area (Å²) in [6, 6.07) is 10.8. The van der Waals surface area contributed by atoms with Gasteiger partial charge in [0, 0.05) is 11.8 Å². The van der Waals surface area contributed by atoms with Gasteiger partial charge in [-0.1, -0.05) is 56.3 Å². The van der Waals surface area contributed by atoms with Gasteiger partial charge in [-0.15, -0.1) is 0 Å². The number of aliphatic hydroxyl groups excluding tert-OH is 1. The van der Waals surface area contributed by atoms with Gasteiger partial charge in [0.15, 0.2) is 0 Å². The predicted molar refractivity (Wildman–Crippen MR) is 120 cm³/mol. The number of hydrogen-bond acceptors (Lipinski definition) is 3. The van der Waals surface area contributed by atoms with E-state index in [1.807, 2.05) is 0 Å². The SMILES string of the molecule is CC1(C)[C@H]2CC[C@]1(C)/C(=N\OC[C@H](O)C[NH+]1CC[NH+](CCc3ccccc3)CC1)C2. The topological polar surface area (TPSA) is 50.7 Å². The molecule has 5 nitrogen and oxygen atoms in total. The fourth-order valence-electron chi connectivity index (χ4n) is 6.04. The number of quaternary nitrogens is 2. The number of rotatable bonds is 8. The average Bonchev–Trinajstić information content (AvgIpc) is 3.08. The van der Waals surface area contributed by atoms with Gasteiger partial charge in [-0.05, 0) is 36.2 Å². The number of fused-ring (bicyclic) bond motifs is 2. The van der Waals surface area contributed by atoms with E-state index in [4.69, 9.17) is 4.84 Å². The van der Waals surface area contributed by atoms with E-state index in [0.29, 0.717) is 12.0 Å². The van der Waals surface area contributed by atoms with E-state index in [2.05, 4.69) is 56.3 Å². The second kappa shape index (κ2) is 8.97. The highest BCUT2D eigenvalue weighted by molar-refractivity contribution is 5.93. The first-order valence-electron chi connectivity index (χ1n) is 12.0. The molecule has 3 N–H and O–H groups in total. The number of nitrogens with zero attached hydrogens (tertiary/aromatic N) is 1. The van der Waals surface area contributed by atoms with Crippen molar-refractivity contribution in [2.24, 2.45) is 21.9 Å². The molecule has 0 amide bonds. The maximum Gasteiger partial charge on any atom is 0.148 e. The van der Waals surface area contributed by atoms with Crippen LogP contribution in [0.2, 0.25) is 0 Å². The molecule has 3 fully saturated rings. The van der Waals surface area contributed by atoms with Crippen LogP contribution in [-0.4, -0.2) is 62.8 Å². The van der Waals surface area contributed by atoms with Gasteiger partial charge in [0.05, 0.1) is 12.3 Å². The second-order valence-corrected chi connectivity index (χ2v) is 10.7. The lowest BCUT2D eigenvalue weighted by Crippen LogP contribution is -3.28. The minimum Gasteiger partial charge on any atom is -0.393 e. The average molecular weight is 416 g/mol. The van der Waals surface area contributed by atoms with Crippen LogP contribution >= 0.6 is 0 Å². The summed E-state index contributed by atoms with van der Waals surface area (Å²) in [6.45, 7) is 14.0. The molecule has 2 saturated carbocycles. The summed E-state index contributed by atoms with van der Waals surface area (Å²) in [7, 11) is 0. The molecule has 166 valence electrons. The number of nitrogens with one attached hydrogen (secondary N) is 2. The smallest absolute Gasteiger partial charge is 0.148 e. The van der Waals surface area contributed by atoms with Crippen LogP contribution in [0, 0.1) is 16.7 Å². The highest BCUT2D eigenvalue weighted by atomic mass is 16.6. The summed E-state index contributed by atoms with van der Waals surface area (Å²) in [4.78, 5) is 8.84. The van der Waals surface area contributed by atoms with Crippen molar-refractivity contribution in [2.45, 2.75) is 52.6 Å². The fourth-order valence-corrected chi connectivity index (χ4v) is 6.04. The summed E-state index contributed by atoms with van der Waals surface area (Å²) in [5, 5.41) is 15.0. The molecular weight excluding hydrogens is 374 g/mol. The van der Waals surface area contributed by atoms with E-state index >= 15 is 0 Å². The molecule has 2 bridgehead atoms. The zero-order valence-electron chi connectivity index (χ0n) is 19.1. The molecule has 5 heteroatoms. The molecule has 1 aromatic rings. The van der Waals surface area contributed by atoms with Gasteiger partial charge in [-0.25, -0.2) is 0 Å². The van der Waals surface area contributed by atoms with Crippen LogP contribution in [0.3, 0.4) is 0 Å².